The summed E-state index contributed by atoms with van der Waals surface area (Å²) in [7, 11) is 3.25. The maximum absolute atomic E-state index is 5.74. The Balaban J connectivity index is 2.50. The summed E-state index contributed by atoms with van der Waals surface area (Å²) in [6.07, 6.45) is 3.06. The second-order valence-electron chi connectivity index (χ2n) is 4.31. The van der Waals surface area contributed by atoms with E-state index in [0.717, 1.165) is 19.3 Å². The molecule has 1 atom stereocenters. The van der Waals surface area contributed by atoms with E-state index in [1.54, 1.807) is 14.2 Å². The largest absolute Gasteiger partial charge is 0.493 e. The summed E-state index contributed by atoms with van der Waals surface area (Å²) in [5.41, 5.74) is 5.70. The zero-order valence-corrected chi connectivity index (χ0v) is 11.4. The molecule has 2 N–H and O–H groups in total. The molecule has 102 valence electrons. The van der Waals surface area contributed by atoms with Gasteiger partial charge in [0.2, 0.25) is 5.75 Å². The van der Waals surface area contributed by atoms with Crippen LogP contribution in [0.25, 0.3) is 0 Å². The number of unbranched alkanes of at least 4 members (excludes halogenated alkanes) is 1. The van der Waals surface area contributed by atoms with Gasteiger partial charge >= 0.3 is 0 Å². The summed E-state index contributed by atoms with van der Waals surface area (Å²) in [6.45, 7) is 2.66. The molecule has 0 amide bonds. The molecular weight excluding hydrogens is 230 g/mol. The number of hydrogen-bond donors (Lipinski definition) is 1. The van der Waals surface area contributed by atoms with Crippen LogP contribution in [0.5, 0.6) is 17.2 Å². The van der Waals surface area contributed by atoms with Gasteiger partial charge in [-0.1, -0.05) is 6.07 Å². The molecule has 4 nitrogen and oxygen atoms in total. The molecule has 0 heterocycles. The quantitative estimate of drug-likeness (QED) is 0.723. The molecule has 0 radical (unpaired) electrons. The summed E-state index contributed by atoms with van der Waals surface area (Å²) < 4.78 is 16.3. The van der Waals surface area contributed by atoms with Gasteiger partial charge in [-0.15, -0.1) is 0 Å². The van der Waals surface area contributed by atoms with Crippen molar-refractivity contribution in [3.05, 3.63) is 18.2 Å². The van der Waals surface area contributed by atoms with Crippen molar-refractivity contribution >= 4 is 0 Å². The molecule has 0 saturated carbocycles. The zero-order chi connectivity index (χ0) is 13.4. The number of nitrogens with two attached hydrogens (primary N) is 1. The predicted molar refractivity (Wildman–Crippen MR) is 72.5 cm³/mol. The molecule has 1 rings (SSSR count). The maximum Gasteiger partial charge on any atom is 0.203 e. The van der Waals surface area contributed by atoms with Crippen molar-refractivity contribution in [3.8, 4) is 17.2 Å². The molecule has 0 aliphatic heterocycles. The fourth-order valence-electron chi connectivity index (χ4n) is 1.70. The van der Waals surface area contributed by atoms with Crippen molar-refractivity contribution in [1.82, 2.24) is 0 Å². The number of methoxy groups -OCH3 is 2. The molecule has 0 aromatic heterocycles. The van der Waals surface area contributed by atoms with Crippen LogP contribution in [0.2, 0.25) is 0 Å². The second-order valence-corrected chi connectivity index (χ2v) is 4.31. The van der Waals surface area contributed by atoms with Gasteiger partial charge in [0.15, 0.2) is 11.5 Å². The van der Waals surface area contributed by atoms with Gasteiger partial charge in [0.05, 0.1) is 20.8 Å². The van der Waals surface area contributed by atoms with E-state index in [4.69, 9.17) is 19.9 Å². The highest BCUT2D eigenvalue weighted by molar-refractivity contribution is 5.51. The first-order valence-electron chi connectivity index (χ1n) is 6.28. The number of para-hydroxylation sites is 1. The third-order valence-corrected chi connectivity index (χ3v) is 2.68. The smallest absolute Gasteiger partial charge is 0.203 e. The van der Waals surface area contributed by atoms with Gasteiger partial charge < -0.3 is 19.9 Å². The Morgan fingerprint density at radius 1 is 1.11 bits per heavy atom. The van der Waals surface area contributed by atoms with Crippen LogP contribution >= 0.6 is 0 Å². The second kappa shape index (κ2) is 7.82. The van der Waals surface area contributed by atoms with E-state index in [-0.39, 0.29) is 6.04 Å². The average Bonchev–Trinajstić information content (AvgIpc) is 2.37. The van der Waals surface area contributed by atoms with Gasteiger partial charge in [-0.25, -0.2) is 0 Å². The highest BCUT2D eigenvalue weighted by Gasteiger charge is 2.10. The molecule has 0 fully saturated rings. The minimum atomic E-state index is 0.255. The summed E-state index contributed by atoms with van der Waals surface area (Å²) in [5.74, 6) is 2.06. The summed E-state index contributed by atoms with van der Waals surface area (Å²) in [4.78, 5) is 0. The lowest BCUT2D eigenvalue weighted by atomic mass is 10.1. The first kappa shape index (κ1) is 14.6. The molecule has 4 heteroatoms. The van der Waals surface area contributed by atoms with Crippen LogP contribution in [-0.4, -0.2) is 26.9 Å². The summed E-state index contributed by atoms with van der Waals surface area (Å²) >= 11 is 0. The normalized spacial score (nSPS) is 12.0. The third-order valence-electron chi connectivity index (χ3n) is 2.68. The van der Waals surface area contributed by atoms with E-state index in [0.29, 0.717) is 23.9 Å². The van der Waals surface area contributed by atoms with E-state index in [9.17, 15) is 0 Å². The summed E-state index contributed by atoms with van der Waals surface area (Å²) in [5, 5.41) is 0. The molecule has 0 aliphatic rings. The van der Waals surface area contributed by atoms with Gasteiger partial charge in [-0.2, -0.15) is 0 Å². The van der Waals surface area contributed by atoms with Crippen LogP contribution in [-0.2, 0) is 0 Å². The molecule has 1 unspecified atom stereocenters. The van der Waals surface area contributed by atoms with Crippen molar-refractivity contribution in [1.29, 1.82) is 0 Å². The molecule has 0 aliphatic carbocycles. The van der Waals surface area contributed by atoms with Crippen molar-refractivity contribution < 1.29 is 14.2 Å². The van der Waals surface area contributed by atoms with Gasteiger partial charge in [-0.3, -0.25) is 0 Å². The molecular formula is C14H23NO3. The van der Waals surface area contributed by atoms with Crippen LogP contribution in [0.1, 0.15) is 26.2 Å². The fourth-order valence-corrected chi connectivity index (χ4v) is 1.70. The van der Waals surface area contributed by atoms with E-state index in [2.05, 4.69) is 0 Å². The lowest BCUT2D eigenvalue weighted by Gasteiger charge is -2.14. The van der Waals surface area contributed by atoms with Crippen LogP contribution < -0.4 is 19.9 Å². The van der Waals surface area contributed by atoms with Gasteiger partial charge in [0.1, 0.15) is 0 Å². The van der Waals surface area contributed by atoms with Crippen molar-refractivity contribution in [2.24, 2.45) is 5.73 Å². The maximum atomic E-state index is 5.74. The van der Waals surface area contributed by atoms with Gasteiger partial charge in [0.25, 0.3) is 0 Å². The number of ether oxygens (including phenoxy) is 3. The first-order valence-corrected chi connectivity index (χ1v) is 6.28. The Morgan fingerprint density at radius 2 is 1.72 bits per heavy atom. The topological polar surface area (TPSA) is 53.7 Å². The van der Waals surface area contributed by atoms with E-state index >= 15 is 0 Å². The van der Waals surface area contributed by atoms with Crippen molar-refractivity contribution in [2.45, 2.75) is 32.2 Å². The Bertz CT molecular complexity index is 331. The molecule has 0 bridgehead atoms. The fraction of sp³-hybridized carbons (Fsp3) is 0.571. The molecule has 1 aromatic carbocycles. The van der Waals surface area contributed by atoms with E-state index < -0.39 is 0 Å². The first-order chi connectivity index (χ1) is 8.69. The lowest BCUT2D eigenvalue weighted by Crippen LogP contribution is -2.14. The molecule has 0 spiro atoms. The van der Waals surface area contributed by atoms with Gasteiger partial charge in [-0.05, 0) is 38.3 Å². The highest BCUT2D eigenvalue weighted by Crippen LogP contribution is 2.36. The predicted octanol–water partition coefficient (Wildman–Crippen LogP) is 2.60. The summed E-state index contributed by atoms with van der Waals surface area (Å²) in [6, 6.07) is 5.85. The third kappa shape index (κ3) is 4.45. The minimum absolute atomic E-state index is 0.255. The monoisotopic (exact) mass is 253 g/mol. The standard InChI is InChI=1S/C14H23NO3/c1-11(15)7-4-5-10-18-14-12(16-2)8-6-9-13(14)17-3/h6,8-9,11H,4-5,7,10,15H2,1-3H3. The Labute approximate surface area is 109 Å². The van der Waals surface area contributed by atoms with Crippen LogP contribution in [0.4, 0.5) is 0 Å². The number of hydrogen-bond acceptors (Lipinski definition) is 4. The molecule has 0 saturated heterocycles. The Morgan fingerprint density at radius 3 is 2.22 bits per heavy atom. The van der Waals surface area contributed by atoms with Gasteiger partial charge in [0, 0.05) is 6.04 Å². The number of benzene rings is 1. The Kier molecular flexibility index (Phi) is 6.36. The van der Waals surface area contributed by atoms with E-state index in [1.807, 2.05) is 25.1 Å². The van der Waals surface area contributed by atoms with Crippen LogP contribution in [0, 0.1) is 0 Å². The average molecular weight is 253 g/mol. The Hall–Kier alpha value is -1.42. The number of rotatable bonds is 8. The highest BCUT2D eigenvalue weighted by atomic mass is 16.5. The molecule has 18 heavy (non-hydrogen) atoms. The minimum Gasteiger partial charge on any atom is -0.493 e. The van der Waals surface area contributed by atoms with Crippen LogP contribution in [0.15, 0.2) is 18.2 Å². The lowest BCUT2D eigenvalue weighted by molar-refractivity contribution is 0.267. The van der Waals surface area contributed by atoms with Crippen LogP contribution in [0.3, 0.4) is 0 Å². The molecule has 1 aromatic rings. The van der Waals surface area contributed by atoms with Crippen molar-refractivity contribution in [2.75, 3.05) is 20.8 Å². The van der Waals surface area contributed by atoms with Crippen molar-refractivity contribution in [3.63, 3.8) is 0 Å². The zero-order valence-electron chi connectivity index (χ0n) is 11.4. The SMILES string of the molecule is COc1cccc(OC)c1OCCCCC(C)N. The van der Waals surface area contributed by atoms with E-state index in [1.165, 1.54) is 0 Å².